The largest absolute Gasteiger partial charge is 0.352 e. The van der Waals surface area contributed by atoms with Gasteiger partial charge in [-0.3, -0.25) is 14.6 Å². The first-order chi connectivity index (χ1) is 11.7. The van der Waals surface area contributed by atoms with Gasteiger partial charge in [0.15, 0.2) is 0 Å². The van der Waals surface area contributed by atoms with Gasteiger partial charge in [0.25, 0.3) is 0 Å². The minimum atomic E-state index is -0.255. The predicted molar refractivity (Wildman–Crippen MR) is 90.9 cm³/mol. The molecule has 1 aliphatic heterocycles. The van der Waals surface area contributed by atoms with E-state index in [9.17, 15) is 9.59 Å². The number of carbonyl (C=O) groups is 2. The fraction of sp³-hybridized carbons (Fsp3) is 0.316. The molecule has 1 atom stereocenters. The van der Waals surface area contributed by atoms with Gasteiger partial charge in [-0.2, -0.15) is 0 Å². The normalized spacial score (nSPS) is 17.1. The standard InChI is InChI=1S/C19H21N3O2/c23-18-12-17(19(24)21-13-16-6-9-20-10-7-16)14-22(18)11-8-15-4-2-1-3-5-15/h1-7,9-10,17H,8,11-14H2,(H,21,24). The number of hydrogen-bond acceptors (Lipinski definition) is 3. The maximum Gasteiger partial charge on any atom is 0.225 e. The molecule has 2 heterocycles. The predicted octanol–water partition coefficient (Wildman–Crippen LogP) is 1.79. The van der Waals surface area contributed by atoms with Crippen LogP contribution < -0.4 is 5.32 Å². The Morgan fingerprint density at radius 3 is 2.62 bits per heavy atom. The van der Waals surface area contributed by atoms with Crippen LogP contribution in [0.15, 0.2) is 54.9 Å². The van der Waals surface area contributed by atoms with Crippen LogP contribution in [-0.2, 0) is 22.6 Å². The van der Waals surface area contributed by atoms with Gasteiger partial charge in [-0.05, 0) is 29.7 Å². The number of benzene rings is 1. The molecule has 1 aromatic carbocycles. The summed E-state index contributed by atoms with van der Waals surface area (Å²) in [5, 5.41) is 2.91. The highest BCUT2D eigenvalue weighted by molar-refractivity contribution is 5.89. The van der Waals surface area contributed by atoms with Gasteiger partial charge in [0.05, 0.1) is 5.92 Å². The molecule has 1 unspecified atom stereocenters. The zero-order chi connectivity index (χ0) is 16.8. The monoisotopic (exact) mass is 323 g/mol. The second-order valence-electron chi connectivity index (χ2n) is 6.05. The highest BCUT2D eigenvalue weighted by atomic mass is 16.2. The molecule has 2 amide bonds. The second kappa shape index (κ2) is 7.73. The number of pyridine rings is 1. The minimum Gasteiger partial charge on any atom is -0.352 e. The number of carbonyl (C=O) groups excluding carboxylic acids is 2. The molecule has 1 aliphatic rings. The van der Waals surface area contributed by atoms with Gasteiger partial charge in [-0.25, -0.2) is 0 Å². The molecule has 2 aromatic rings. The zero-order valence-corrected chi connectivity index (χ0v) is 13.5. The molecule has 1 fully saturated rings. The molecule has 0 aliphatic carbocycles. The first-order valence-electron chi connectivity index (χ1n) is 8.20. The Morgan fingerprint density at radius 1 is 1.12 bits per heavy atom. The van der Waals surface area contributed by atoms with Crippen LogP contribution in [0.4, 0.5) is 0 Å². The molecule has 0 spiro atoms. The number of hydrogen-bond donors (Lipinski definition) is 1. The molecular formula is C19H21N3O2. The molecule has 0 saturated carbocycles. The van der Waals surface area contributed by atoms with Crippen LogP contribution in [0.5, 0.6) is 0 Å². The molecule has 0 radical (unpaired) electrons. The van der Waals surface area contributed by atoms with E-state index < -0.39 is 0 Å². The van der Waals surface area contributed by atoms with Crippen LogP contribution in [0.25, 0.3) is 0 Å². The molecule has 1 aromatic heterocycles. The summed E-state index contributed by atoms with van der Waals surface area (Å²) in [4.78, 5) is 30.1. The molecule has 124 valence electrons. The molecular weight excluding hydrogens is 302 g/mol. The Bertz CT molecular complexity index is 688. The lowest BCUT2D eigenvalue weighted by molar-refractivity contribution is -0.129. The van der Waals surface area contributed by atoms with E-state index in [1.165, 1.54) is 5.56 Å². The van der Waals surface area contributed by atoms with Gasteiger partial charge in [0.1, 0.15) is 0 Å². The van der Waals surface area contributed by atoms with Crippen LogP contribution in [-0.4, -0.2) is 34.8 Å². The van der Waals surface area contributed by atoms with E-state index in [1.54, 1.807) is 17.3 Å². The van der Waals surface area contributed by atoms with E-state index >= 15 is 0 Å². The maximum atomic E-state index is 12.3. The fourth-order valence-corrected chi connectivity index (χ4v) is 2.91. The van der Waals surface area contributed by atoms with Gasteiger partial charge < -0.3 is 10.2 Å². The first-order valence-corrected chi connectivity index (χ1v) is 8.20. The summed E-state index contributed by atoms with van der Waals surface area (Å²) in [6, 6.07) is 13.8. The van der Waals surface area contributed by atoms with Crippen LogP contribution >= 0.6 is 0 Å². The van der Waals surface area contributed by atoms with Gasteiger partial charge in [-0.1, -0.05) is 30.3 Å². The highest BCUT2D eigenvalue weighted by Gasteiger charge is 2.33. The van der Waals surface area contributed by atoms with E-state index in [1.807, 2.05) is 30.3 Å². The number of nitrogens with zero attached hydrogens (tertiary/aromatic N) is 2. The van der Waals surface area contributed by atoms with Crippen molar-refractivity contribution in [2.75, 3.05) is 13.1 Å². The van der Waals surface area contributed by atoms with Crippen molar-refractivity contribution in [3.8, 4) is 0 Å². The number of amides is 2. The number of likely N-dealkylation sites (tertiary alicyclic amines) is 1. The van der Waals surface area contributed by atoms with Crippen molar-refractivity contribution in [3.05, 3.63) is 66.0 Å². The van der Waals surface area contributed by atoms with Gasteiger partial charge >= 0.3 is 0 Å². The van der Waals surface area contributed by atoms with E-state index in [0.29, 0.717) is 26.1 Å². The molecule has 1 saturated heterocycles. The maximum absolute atomic E-state index is 12.3. The Balaban J connectivity index is 1.48. The van der Waals surface area contributed by atoms with Crippen LogP contribution in [0.1, 0.15) is 17.5 Å². The van der Waals surface area contributed by atoms with Crippen molar-refractivity contribution in [1.82, 2.24) is 15.2 Å². The molecule has 5 heteroatoms. The average molecular weight is 323 g/mol. The average Bonchev–Trinajstić information content (AvgIpc) is 3.00. The van der Waals surface area contributed by atoms with E-state index in [2.05, 4.69) is 22.4 Å². The minimum absolute atomic E-state index is 0.0534. The third-order valence-corrected chi connectivity index (χ3v) is 4.31. The summed E-state index contributed by atoms with van der Waals surface area (Å²) in [7, 11) is 0. The summed E-state index contributed by atoms with van der Waals surface area (Å²) >= 11 is 0. The van der Waals surface area contributed by atoms with Crippen molar-refractivity contribution in [2.45, 2.75) is 19.4 Å². The van der Waals surface area contributed by atoms with Crippen LogP contribution in [0.3, 0.4) is 0 Å². The fourth-order valence-electron chi connectivity index (χ4n) is 2.91. The van der Waals surface area contributed by atoms with Gasteiger partial charge in [0, 0.05) is 38.4 Å². The third kappa shape index (κ3) is 4.19. The first kappa shape index (κ1) is 16.2. The van der Waals surface area contributed by atoms with E-state index in [0.717, 1.165) is 12.0 Å². The molecule has 3 rings (SSSR count). The Morgan fingerprint density at radius 2 is 1.88 bits per heavy atom. The van der Waals surface area contributed by atoms with E-state index in [-0.39, 0.29) is 17.7 Å². The summed E-state index contributed by atoms with van der Waals surface area (Å²) in [6.07, 6.45) is 4.52. The van der Waals surface area contributed by atoms with Crippen molar-refractivity contribution >= 4 is 11.8 Å². The van der Waals surface area contributed by atoms with Crippen LogP contribution in [0, 0.1) is 5.92 Å². The molecule has 0 bridgehead atoms. The molecule has 1 N–H and O–H groups in total. The number of rotatable bonds is 6. The summed E-state index contributed by atoms with van der Waals surface area (Å²) < 4.78 is 0. The lowest BCUT2D eigenvalue weighted by Gasteiger charge is -2.16. The third-order valence-electron chi connectivity index (χ3n) is 4.31. The SMILES string of the molecule is O=C(NCc1ccncc1)C1CC(=O)N(CCc2ccccc2)C1. The van der Waals surface area contributed by atoms with Crippen LogP contribution in [0.2, 0.25) is 0 Å². The van der Waals surface area contributed by atoms with Crippen molar-refractivity contribution < 1.29 is 9.59 Å². The summed E-state index contributed by atoms with van der Waals surface area (Å²) in [5.74, 6) is -0.243. The smallest absolute Gasteiger partial charge is 0.225 e. The van der Waals surface area contributed by atoms with E-state index in [4.69, 9.17) is 0 Å². The Hall–Kier alpha value is -2.69. The number of nitrogens with one attached hydrogen (secondary N) is 1. The lowest BCUT2D eigenvalue weighted by atomic mass is 10.1. The van der Waals surface area contributed by atoms with Crippen molar-refractivity contribution in [3.63, 3.8) is 0 Å². The van der Waals surface area contributed by atoms with Gasteiger partial charge in [-0.15, -0.1) is 0 Å². The summed E-state index contributed by atoms with van der Waals surface area (Å²) in [5.41, 5.74) is 2.21. The molecule has 24 heavy (non-hydrogen) atoms. The van der Waals surface area contributed by atoms with Crippen molar-refractivity contribution in [2.24, 2.45) is 5.92 Å². The number of aromatic nitrogens is 1. The summed E-state index contributed by atoms with van der Waals surface area (Å²) in [6.45, 7) is 1.64. The van der Waals surface area contributed by atoms with Crippen molar-refractivity contribution in [1.29, 1.82) is 0 Å². The topological polar surface area (TPSA) is 62.3 Å². The molecule has 5 nitrogen and oxygen atoms in total. The van der Waals surface area contributed by atoms with Gasteiger partial charge in [0.2, 0.25) is 11.8 Å². The zero-order valence-electron chi connectivity index (χ0n) is 13.5. The quantitative estimate of drug-likeness (QED) is 0.881. The Labute approximate surface area is 141 Å². The lowest BCUT2D eigenvalue weighted by Crippen LogP contribution is -2.33. The second-order valence-corrected chi connectivity index (χ2v) is 6.05. The Kier molecular flexibility index (Phi) is 5.21. The highest BCUT2D eigenvalue weighted by Crippen LogP contribution is 2.18.